The second kappa shape index (κ2) is 7.02. The molecule has 3 rings (SSSR count). The van der Waals surface area contributed by atoms with E-state index in [1.54, 1.807) is 6.92 Å². The number of fused-ring (bicyclic) bond motifs is 1. The molecule has 1 fully saturated rings. The van der Waals surface area contributed by atoms with Gasteiger partial charge in [-0.2, -0.15) is 0 Å². The largest absolute Gasteiger partial charge is 0.374 e. The highest BCUT2D eigenvalue weighted by atomic mass is 16.2. The molecular weight excluding hydrogens is 290 g/mol. The van der Waals surface area contributed by atoms with E-state index in [0.717, 1.165) is 44.2 Å². The van der Waals surface area contributed by atoms with Crippen molar-refractivity contribution in [2.75, 3.05) is 5.32 Å². The lowest BCUT2D eigenvalue weighted by molar-refractivity contribution is -0.120. The molecule has 3 amide bonds. The summed E-state index contributed by atoms with van der Waals surface area (Å²) in [6, 6.07) is 5.62. The maximum atomic E-state index is 12.1. The van der Waals surface area contributed by atoms with Crippen LogP contribution < -0.4 is 16.0 Å². The van der Waals surface area contributed by atoms with Gasteiger partial charge in [0.15, 0.2) is 0 Å². The fraction of sp³-hybridized carbons (Fsp3) is 0.556. The quantitative estimate of drug-likeness (QED) is 0.800. The average Bonchev–Trinajstić information content (AvgIpc) is 3.17. The van der Waals surface area contributed by atoms with Crippen LogP contribution in [-0.4, -0.2) is 24.0 Å². The first kappa shape index (κ1) is 15.8. The molecule has 1 atom stereocenters. The van der Waals surface area contributed by atoms with Gasteiger partial charge < -0.3 is 10.6 Å². The van der Waals surface area contributed by atoms with Crippen LogP contribution in [0.25, 0.3) is 0 Å². The number of carbonyl (C=O) groups is 2. The highest BCUT2D eigenvalue weighted by Gasteiger charge is 2.20. The van der Waals surface area contributed by atoms with Crippen molar-refractivity contribution in [3.05, 3.63) is 29.3 Å². The standard InChI is InChI=1S/C18H25N3O2/c1-12(17(22)21-18(23)20-15-7-2-3-8-15)19-16-10-9-13-5-4-6-14(13)11-16/h9-12,15,19H,2-8H2,1H3,(H2,20,21,22,23)/t12-/m0/s1. The van der Waals surface area contributed by atoms with Gasteiger partial charge in [0, 0.05) is 11.7 Å². The highest BCUT2D eigenvalue weighted by Crippen LogP contribution is 2.25. The predicted molar refractivity (Wildman–Crippen MR) is 90.5 cm³/mol. The van der Waals surface area contributed by atoms with E-state index in [2.05, 4.69) is 28.1 Å². The molecule has 2 aliphatic carbocycles. The lowest BCUT2D eigenvalue weighted by Crippen LogP contribution is -2.48. The third kappa shape index (κ3) is 4.03. The van der Waals surface area contributed by atoms with Gasteiger partial charge in [-0.1, -0.05) is 18.9 Å². The Hall–Kier alpha value is -2.04. The molecule has 3 N–H and O–H groups in total. The van der Waals surface area contributed by atoms with Gasteiger partial charge in [-0.05, 0) is 62.3 Å². The van der Waals surface area contributed by atoms with Crippen molar-refractivity contribution in [1.82, 2.24) is 10.6 Å². The zero-order valence-electron chi connectivity index (χ0n) is 13.7. The van der Waals surface area contributed by atoms with Crippen molar-refractivity contribution in [2.24, 2.45) is 0 Å². The van der Waals surface area contributed by atoms with Crippen LogP contribution in [0.5, 0.6) is 0 Å². The van der Waals surface area contributed by atoms with Crippen molar-refractivity contribution in [1.29, 1.82) is 0 Å². The number of imide groups is 1. The minimum absolute atomic E-state index is 0.211. The highest BCUT2D eigenvalue weighted by molar-refractivity contribution is 5.98. The number of amides is 3. The summed E-state index contributed by atoms with van der Waals surface area (Å²) in [5.74, 6) is -0.305. The van der Waals surface area contributed by atoms with Gasteiger partial charge in [0.1, 0.15) is 6.04 Å². The van der Waals surface area contributed by atoms with E-state index in [1.165, 1.54) is 17.5 Å². The molecule has 0 heterocycles. The Morgan fingerprint density at radius 3 is 2.61 bits per heavy atom. The van der Waals surface area contributed by atoms with E-state index in [4.69, 9.17) is 0 Å². The minimum atomic E-state index is -0.455. The molecule has 1 aromatic rings. The number of rotatable bonds is 4. The zero-order chi connectivity index (χ0) is 16.2. The third-order valence-corrected chi connectivity index (χ3v) is 4.80. The number of hydrogen-bond donors (Lipinski definition) is 3. The van der Waals surface area contributed by atoms with Crippen LogP contribution in [-0.2, 0) is 17.6 Å². The van der Waals surface area contributed by atoms with Gasteiger partial charge in [0.05, 0.1) is 0 Å². The smallest absolute Gasteiger partial charge is 0.321 e. The molecule has 5 heteroatoms. The number of benzene rings is 1. The molecule has 0 saturated heterocycles. The lowest BCUT2D eigenvalue weighted by atomic mass is 10.1. The first-order valence-corrected chi connectivity index (χ1v) is 8.61. The van der Waals surface area contributed by atoms with E-state index in [0.29, 0.717) is 0 Å². The maximum Gasteiger partial charge on any atom is 0.321 e. The summed E-state index contributed by atoms with van der Waals surface area (Å²) in [4.78, 5) is 24.0. The van der Waals surface area contributed by atoms with E-state index in [9.17, 15) is 9.59 Å². The lowest BCUT2D eigenvalue weighted by Gasteiger charge is -2.17. The summed E-state index contributed by atoms with van der Waals surface area (Å²) in [6.45, 7) is 1.77. The Morgan fingerprint density at radius 2 is 1.83 bits per heavy atom. The molecule has 1 aromatic carbocycles. The number of hydrogen-bond acceptors (Lipinski definition) is 3. The van der Waals surface area contributed by atoms with Crippen LogP contribution >= 0.6 is 0 Å². The molecular formula is C18H25N3O2. The second-order valence-corrected chi connectivity index (χ2v) is 6.65. The molecule has 0 aliphatic heterocycles. The summed E-state index contributed by atoms with van der Waals surface area (Å²) >= 11 is 0. The Kier molecular flexibility index (Phi) is 4.84. The minimum Gasteiger partial charge on any atom is -0.374 e. The van der Waals surface area contributed by atoms with Crippen LogP contribution in [0, 0.1) is 0 Å². The Morgan fingerprint density at radius 1 is 1.09 bits per heavy atom. The molecule has 23 heavy (non-hydrogen) atoms. The van der Waals surface area contributed by atoms with Crippen molar-refractivity contribution in [3.63, 3.8) is 0 Å². The van der Waals surface area contributed by atoms with Crippen LogP contribution in [0.2, 0.25) is 0 Å². The molecule has 5 nitrogen and oxygen atoms in total. The zero-order valence-corrected chi connectivity index (χ0v) is 13.7. The molecule has 0 aromatic heterocycles. The van der Waals surface area contributed by atoms with Crippen LogP contribution in [0.4, 0.5) is 10.5 Å². The van der Waals surface area contributed by atoms with E-state index in [1.807, 2.05) is 6.07 Å². The number of anilines is 1. The fourth-order valence-electron chi connectivity index (χ4n) is 3.49. The van der Waals surface area contributed by atoms with E-state index in [-0.39, 0.29) is 18.0 Å². The molecule has 0 radical (unpaired) electrons. The summed E-state index contributed by atoms with van der Waals surface area (Å²) in [5.41, 5.74) is 3.70. The number of nitrogens with one attached hydrogen (secondary N) is 3. The monoisotopic (exact) mass is 315 g/mol. The topological polar surface area (TPSA) is 70.2 Å². The third-order valence-electron chi connectivity index (χ3n) is 4.80. The normalized spacial score (nSPS) is 18.3. The molecule has 2 aliphatic rings. The van der Waals surface area contributed by atoms with E-state index >= 15 is 0 Å². The van der Waals surface area contributed by atoms with Crippen molar-refractivity contribution in [2.45, 2.75) is 64.0 Å². The first-order valence-electron chi connectivity index (χ1n) is 8.61. The number of aryl methyl sites for hydroxylation is 2. The maximum absolute atomic E-state index is 12.1. The summed E-state index contributed by atoms with van der Waals surface area (Å²) in [5, 5.41) is 8.47. The Balaban J connectivity index is 1.50. The van der Waals surface area contributed by atoms with Crippen molar-refractivity contribution >= 4 is 17.6 Å². The van der Waals surface area contributed by atoms with Gasteiger partial charge >= 0.3 is 6.03 Å². The Bertz CT molecular complexity index is 594. The summed E-state index contributed by atoms with van der Waals surface area (Å²) in [6.07, 6.45) is 7.76. The molecule has 0 spiro atoms. The average molecular weight is 315 g/mol. The Labute approximate surface area is 137 Å². The van der Waals surface area contributed by atoms with Crippen molar-refractivity contribution < 1.29 is 9.59 Å². The van der Waals surface area contributed by atoms with E-state index < -0.39 is 6.04 Å². The molecule has 1 saturated carbocycles. The van der Waals surface area contributed by atoms with Gasteiger partial charge in [0.2, 0.25) is 5.91 Å². The second-order valence-electron chi connectivity index (χ2n) is 6.65. The van der Waals surface area contributed by atoms with Gasteiger partial charge in [-0.15, -0.1) is 0 Å². The van der Waals surface area contributed by atoms with Crippen LogP contribution in [0.3, 0.4) is 0 Å². The number of urea groups is 1. The van der Waals surface area contributed by atoms with Crippen LogP contribution in [0.1, 0.15) is 50.2 Å². The molecule has 0 unspecified atom stereocenters. The van der Waals surface area contributed by atoms with Gasteiger partial charge in [0.25, 0.3) is 0 Å². The summed E-state index contributed by atoms with van der Waals surface area (Å²) < 4.78 is 0. The predicted octanol–water partition coefficient (Wildman–Crippen LogP) is 2.74. The first-order chi connectivity index (χ1) is 11.1. The number of carbonyl (C=O) groups excluding carboxylic acids is 2. The van der Waals surface area contributed by atoms with Crippen LogP contribution in [0.15, 0.2) is 18.2 Å². The molecule has 0 bridgehead atoms. The summed E-state index contributed by atoms with van der Waals surface area (Å²) in [7, 11) is 0. The fourth-order valence-corrected chi connectivity index (χ4v) is 3.49. The van der Waals surface area contributed by atoms with Crippen molar-refractivity contribution in [3.8, 4) is 0 Å². The van der Waals surface area contributed by atoms with Gasteiger partial charge in [-0.3, -0.25) is 10.1 Å². The SMILES string of the molecule is C[C@H](Nc1ccc2c(c1)CCC2)C(=O)NC(=O)NC1CCCC1. The van der Waals surface area contributed by atoms with Gasteiger partial charge in [-0.25, -0.2) is 4.79 Å². The molecule has 124 valence electrons.